The number of hydrogen-bond donors (Lipinski definition) is 1. The second kappa shape index (κ2) is 8.79. The summed E-state index contributed by atoms with van der Waals surface area (Å²) in [7, 11) is 0. The third-order valence-corrected chi connectivity index (χ3v) is 4.34. The zero-order valence-corrected chi connectivity index (χ0v) is 15.9. The molecule has 4 aromatic rings. The van der Waals surface area contributed by atoms with E-state index in [1.807, 2.05) is 30.3 Å². The Morgan fingerprint density at radius 2 is 1.73 bits per heavy atom. The zero-order valence-electron chi connectivity index (χ0n) is 15.9. The molecule has 0 aliphatic carbocycles. The Kier molecular flexibility index (Phi) is 5.57. The van der Waals surface area contributed by atoms with Crippen LogP contribution in [0.3, 0.4) is 0 Å². The number of nitrogens with one attached hydrogen (secondary N) is 1. The van der Waals surface area contributed by atoms with Crippen LogP contribution in [0.1, 0.15) is 15.9 Å². The van der Waals surface area contributed by atoms with Crippen molar-refractivity contribution in [1.29, 1.82) is 0 Å². The van der Waals surface area contributed by atoms with Gasteiger partial charge in [0.15, 0.2) is 0 Å². The molecule has 0 saturated heterocycles. The van der Waals surface area contributed by atoms with E-state index in [9.17, 15) is 9.59 Å². The van der Waals surface area contributed by atoms with Gasteiger partial charge in [0, 0.05) is 29.4 Å². The number of fused-ring (bicyclic) bond motifs is 1. The van der Waals surface area contributed by atoms with Crippen LogP contribution in [0, 0.1) is 0 Å². The lowest BCUT2D eigenvalue weighted by atomic mass is 10.1. The second-order valence-corrected chi connectivity index (χ2v) is 6.39. The molecule has 0 saturated carbocycles. The number of carbonyl (C=O) groups is 2. The highest BCUT2D eigenvalue weighted by Crippen LogP contribution is 2.18. The first-order valence-electron chi connectivity index (χ1n) is 9.24. The van der Waals surface area contributed by atoms with Crippen molar-refractivity contribution >= 4 is 34.5 Å². The van der Waals surface area contributed by atoms with E-state index in [0.29, 0.717) is 17.0 Å². The summed E-state index contributed by atoms with van der Waals surface area (Å²) in [6.45, 7) is 0. The number of benzene rings is 2. The lowest BCUT2D eigenvalue weighted by Gasteiger charge is -2.06. The number of carbonyl (C=O) groups excluding carboxylic acids is 2. The van der Waals surface area contributed by atoms with E-state index in [0.717, 1.165) is 16.5 Å². The van der Waals surface area contributed by atoms with Crippen molar-refractivity contribution in [3.8, 4) is 5.75 Å². The van der Waals surface area contributed by atoms with Crippen molar-refractivity contribution in [2.75, 3.05) is 5.32 Å². The number of esters is 1. The van der Waals surface area contributed by atoms with Gasteiger partial charge in [0.05, 0.1) is 17.4 Å². The molecule has 2 heterocycles. The normalized spacial score (nSPS) is 10.8. The van der Waals surface area contributed by atoms with E-state index < -0.39 is 5.97 Å². The van der Waals surface area contributed by atoms with Crippen molar-refractivity contribution in [1.82, 2.24) is 9.97 Å². The van der Waals surface area contributed by atoms with E-state index in [1.54, 1.807) is 61.1 Å². The summed E-state index contributed by atoms with van der Waals surface area (Å²) in [5, 5.41) is 3.70. The Hall–Kier alpha value is -4.32. The molecular formula is C24H17N3O3. The first-order valence-corrected chi connectivity index (χ1v) is 9.24. The number of pyridine rings is 2. The maximum atomic E-state index is 12.3. The highest BCUT2D eigenvalue weighted by atomic mass is 16.5. The third-order valence-electron chi connectivity index (χ3n) is 4.34. The van der Waals surface area contributed by atoms with Gasteiger partial charge in [0.25, 0.3) is 5.91 Å². The maximum absolute atomic E-state index is 12.3. The number of amides is 1. The fourth-order valence-corrected chi connectivity index (χ4v) is 2.89. The minimum absolute atomic E-state index is 0.273. The van der Waals surface area contributed by atoms with Crippen LogP contribution < -0.4 is 10.1 Å². The van der Waals surface area contributed by atoms with Crippen molar-refractivity contribution in [3.63, 3.8) is 0 Å². The van der Waals surface area contributed by atoms with Crippen molar-refractivity contribution < 1.29 is 14.3 Å². The van der Waals surface area contributed by atoms with Gasteiger partial charge in [-0.1, -0.05) is 18.2 Å². The molecule has 0 aliphatic rings. The lowest BCUT2D eigenvalue weighted by molar-refractivity contribution is -0.128. The standard InChI is InChI=1S/C24H17N3O3/c28-23(12-9-17-13-15-26-22-6-2-1-5-21(17)22)30-20-10-7-18(8-11-20)24(29)27-19-4-3-14-25-16-19/h1-16H,(H,27,29)/b12-9+. The number of nitrogens with zero attached hydrogens (tertiary/aromatic N) is 2. The Labute approximate surface area is 172 Å². The largest absolute Gasteiger partial charge is 0.423 e. The molecule has 0 aliphatic heterocycles. The molecule has 0 unspecified atom stereocenters. The molecule has 6 heteroatoms. The molecule has 1 amide bonds. The molecule has 0 atom stereocenters. The minimum atomic E-state index is -0.511. The fourth-order valence-electron chi connectivity index (χ4n) is 2.89. The molecule has 4 rings (SSSR count). The van der Waals surface area contributed by atoms with Gasteiger partial charge < -0.3 is 10.1 Å². The van der Waals surface area contributed by atoms with Gasteiger partial charge in [0.2, 0.25) is 0 Å². The Morgan fingerprint density at radius 3 is 2.53 bits per heavy atom. The van der Waals surface area contributed by atoms with Gasteiger partial charge in [-0.3, -0.25) is 14.8 Å². The highest BCUT2D eigenvalue weighted by Gasteiger charge is 2.08. The van der Waals surface area contributed by atoms with Crippen LogP contribution in [0.25, 0.3) is 17.0 Å². The van der Waals surface area contributed by atoms with Crippen LogP contribution in [-0.4, -0.2) is 21.8 Å². The van der Waals surface area contributed by atoms with Gasteiger partial charge >= 0.3 is 5.97 Å². The summed E-state index contributed by atoms with van der Waals surface area (Å²) in [4.78, 5) is 32.7. The molecule has 0 radical (unpaired) electrons. The van der Waals surface area contributed by atoms with Gasteiger partial charge in [-0.2, -0.15) is 0 Å². The smallest absolute Gasteiger partial charge is 0.336 e. The number of ether oxygens (including phenoxy) is 1. The molecule has 6 nitrogen and oxygen atoms in total. The van der Waals surface area contributed by atoms with Crippen LogP contribution in [-0.2, 0) is 4.79 Å². The second-order valence-electron chi connectivity index (χ2n) is 6.39. The van der Waals surface area contributed by atoms with Crippen LogP contribution >= 0.6 is 0 Å². The van der Waals surface area contributed by atoms with E-state index in [1.165, 1.54) is 6.08 Å². The maximum Gasteiger partial charge on any atom is 0.336 e. The number of para-hydroxylation sites is 1. The van der Waals surface area contributed by atoms with Gasteiger partial charge in [0.1, 0.15) is 5.75 Å². The van der Waals surface area contributed by atoms with Gasteiger partial charge in [-0.05, 0) is 60.2 Å². The number of aromatic nitrogens is 2. The van der Waals surface area contributed by atoms with E-state index >= 15 is 0 Å². The van der Waals surface area contributed by atoms with Crippen LogP contribution in [0.5, 0.6) is 5.75 Å². The molecule has 2 aromatic carbocycles. The fraction of sp³-hybridized carbons (Fsp3) is 0. The van der Waals surface area contributed by atoms with E-state index in [2.05, 4.69) is 15.3 Å². The van der Waals surface area contributed by atoms with Gasteiger partial charge in [-0.25, -0.2) is 4.79 Å². The average molecular weight is 395 g/mol. The number of rotatable bonds is 5. The first-order chi connectivity index (χ1) is 14.7. The van der Waals surface area contributed by atoms with Crippen LogP contribution in [0.4, 0.5) is 5.69 Å². The Morgan fingerprint density at radius 1 is 0.900 bits per heavy atom. The Balaban J connectivity index is 1.40. The minimum Gasteiger partial charge on any atom is -0.423 e. The monoisotopic (exact) mass is 395 g/mol. The summed E-state index contributed by atoms with van der Waals surface area (Å²) in [6.07, 6.45) is 7.95. The molecule has 146 valence electrons. The molecule has 0 fully saturated rings. The molecule has 0 spiro atoms. The van der Waals surface area contributed by atoms with Crippen molar-refractivity contribution in [2.45, 2.75) is 0 Å². The predicted octanol–water partition coefficient (Wildman–Crippen LogP) is 4.50. The lowest BCUT2D eigenvalue weighted by Crippen LogP contribution is -2.12. The summed E-state index contributed by atoms with van der Waals surface area (Å²) >= 11 is 0. The zero-order chi connectivity index (χ0) is 20.8. The summed E-state index contributed by atoms with van der Waals surface area (Å²) in [5.41, 5.74) is 2.78. The van der Waals surface area contributed by atoms with Crippen LogP contribution in [0.15, 0.2) is 91.4 Å². The van der Waals surface area contributed by atoms with Crippen molar-refractivity contribution in [3.05, 3.63) is 103 Å². The molecule has 30 heavy (non-hydrogen) atoms. The summed E-state index contributed by atoms with van der Waals surface area (Å²) < 4.78 is 5.32. The van der Waals surface area contributed by atoms with Crippen molar-refractivity contribution in [2.24, 2.45) is 0 Å². The molecule has 2 aromatic heterocycles. The quantitative estimate of drug-likeness (QED) is 0.306. The Bertz CT molecular complexity index is 1210. The van der Waals surface area contributed by atoms with E-state index in [4.69, 9.17) is 4.74 Å². The predicted molar refractivity (Wildman–Crippen MR) is 115 cm³/mol. The summed E-state index contributed by atoms with van der Waals surface area (Å²) in [5.74, 6) is -0.434. The third kappa shape index (κ3) is 4.56. The molecular weight excluding hydrogens is 378 g/mol. The molecule has 1 N–H and O–H groups in total. The van der Waals surface area contributed by atoms with Gasteiger partial charge in [-0.15, -0.1) is 0 Å². The number of anilines is 1. The van der Waals surface area contributed by atoms with Crippen LogP contribution in [0.2, 0.25) is 0 Å². The highest BCUT2D eigenvalue weighted by molar-refractivity contribution is 6.04. The SMILES string of the molecule is O=C(/C=C/c1ccnc2ccccc12)Oc1ccc(C(=O)Nc2cccnc2)cc1. The molecule has 0 bridgehead atoms. The number of hydrogen-bond acceptors (Lipinski definition) is 5. The topological polar surface area (TPSA) is 81.2 Å². The van der Waals surface area contributed by atoms with E-state index in [-0.39, 0.29) is 5.91 Å². The first kappa shape index (κ1) is 19.0. The average Bonchev–Trinajstić information content (AvgIpc) is 2.79. The summed E-state index contributed by atoms with van der Waals surface area (Å²) in [6, 6.07) is 19.4.